The molecule has 1 saturated heterocycles. The molecule has 1 aromatic carbocycles. The van der Waals surface area contributed by atoms with E-state index in [9.17, 15) is 13.6 Å². The number of hydrogen-bond donors (Lipinski definition) is 1. The molecule has 3 nitrogen and oxygen atoms in total. The Morgan fingerprint density at radius 3 is 2.78 bits per heavy atom. The Morgan fingerprint density at radius 1 is 1.22 bits per heavy atom. The minimum atomic E-state index is -0.791. The topological polar surface area (TPSA) is 32.3 Å². The van der Waals surface area contributed by atoms with Crippen molar-refractivity contribution in [2.45, 2.75) is 13.3 Å². The highest BCUT2D eigenvalue weighted by atomic mass is 19.1. The maximum Gasteiger partial charge on any atom is 0.256 e. The fourth-order valence-corrected chi connectivity index (χ4v) is 2.04. The van der Waals surface area contributed by atoms with Gasteiger partial charge in [0.1, 0.15) is 11.6 Å². The molecule has 5 heteroatoms. The van der Waals surface area contributed by atoms with Crippen LogP contribution in [0.25, 0.3) is 0 Å². The molecule has 98 valence electrons. The van der Waals surface area contributed by atoms with E-state index in [0.29, 0.717) is 19.6 Å². The molecular formula is C13H16F2N2O. The van der Waals surface area contributed by atoms with Gasteiger partial charge in [0.15, 0.2) is 0 Å². The summed E-state index contributed by atoms with van der Waals surface area (Å²) in [6, 6.07) is 2.06. The molecule has 18 heavy (non-hydrogen) atoms. The third kappa shape index (κ3) is 2.67. The first kappa shape index (κ1) is 13.0. The monoisotopic (exact) mass is 254 g/mol. The SMILES string of the molecule is Cc1cc(C(=O)N2CCCNCC2)c(F)cc1F. The van der Waals surface area contributed by atoms with Crippen molar-refractivity contribution < 1.29 is 13.6 Å². The Bertz CT molecular complexity index is 455. The van der Waals surface area contributed by atoms with E-state index in [0.717, 1.165) is 19.0 Å². The van der Waals surface area contributed by atoms with Gasteiger partial charge in [-0.1, -0.05) is 0 Å². The van der Waals surface area contributed by atoms with Gasteiger partial charge in [-0.2, -0.15) is 0 Å². The average Bonchev–Trinajstić information content (AvgIpc) is 2.61. The van der Waals surface area contributed by atoms with Crippen LogP contribution in [0.15, 0.2) is 12.1 Å². The Hall–Kier alpha value is -1.49. The fourth-order valence-electron chi connectivity index (χ4n) is 2.04. The number of aryl methyl sites for hydroxylation is 1. The number of benzene rings is 1. The largest absolute Gasteiger partial charge is 0.337 e. The van der Waals surface area contributed by atoms with Gasteiger partial charge in [0.2, 0.25) is 0 Å². The first-order valence-electron chi connectivity index (χ1n) is 6.05. The Kier molecular flexibility index (Phi) is 3.91. The molecule has 0 bridgehead atoms. The highest BCUT2D eigenvalue weighted by molar-refractivity contribution is 5.94. The molecule has 0 atom stereocenters. The second kappa shape index (κ2) is 5.44. The summed E-state index contributed by atoms with van der Waals surface area (Å²) >= 11 is 0. The number of hydrogen-bond acceptors (Lipinski definition) is 2. The molecule has 1 fully saturated rings. The van der Waals surface area contributed by atoms with E-state index in [2.05, 4.69) is 5.32 Å². The Balaban J connectivity index is 2.24. The molecule has 2 rings (SSSR count). The average molecular weight is 254 g/mol. The van der Waals surface area contributed by atoms with Gasteiger partial charge in [0, 0.05) is 25.7 Å². The predicted molar refractivity (Wildman–Crippen MR) is 64.5 cm³/mol. The molecule has 1 aliphatic heterocycles. The lowest BCUT2D eigenvalue weighted by Crippen LogP contribution is -2.34. The van der Waals surface area contributed by atoms with Crippen molar-refractivity contribution >= 4 is 5.91 Å². The zero-order valence-electron chi connectivity index (χ0n) is 10.3. The van der Waals surface area contributed by atoms with Gasteiger partial charge in [0.25, 0.3) is 5.91 Å². The maximum absolute atomic E-state index is 13.6. The van der Waals surface area contributed by atoms with Gasteiger partial charge in [-0.05, 0) is 31.5 Å². The molecular weight excluding hydrogens is 238 g/mol. The van der Waals surface area contributed by atoms with E-state index in [1.807, 2.05) is 0 Å². The number of amides is 1. The molecule has 0 unspecified atom stereocenters. The van der Waals surface area contributed by atoms with Gasteiger partial charge in [0.05, 0.1) is 5.56 Å². The summed E-state index contributed by atoms with van der Waals surface area (Å²) < 4.78 is 26.8. The minimum absolute atomic E-state index is 0.0456. The summed E-state index contributed by atoms with van der Waals surface area (Å²) in [7, 11) is 0. The number of nitrogens with zero attached hydrogens (tertiary/aromatic N) is 1. The molecule has 1 N–H and O–H groups in total. The van der Waals surface area contributed by atoms with E-state index in [1.165, 1.54) is 13.0 Å². The lowest BCUT2D eigenvalue weighted by atomic mass is 10.1. The van der Waals surface area contributed by atoms with Gasteiger partial charge >= 0.3 is 0 Å². The van der Waals surface area contributed by atoms with E-state index in [-0.39, 0.29) is 17.0 Å². The van der Waals surface area contributed by atoms with Crippen molar-refractivity contribution in [3.05, 3.63) is 34.9 Å². The molecule has 0 saturated carbocycles. The minimum Gasteiger partial charge on any atom is -0.337 e. The van der Waals surface area contributed by atoms with Crippen LogP contribution < -0.4 is 5.32 Å². The number of rotatable bonds is 1. The van der Waals surface area contributed by atoms with Crippen LogP contribution in [0.2, 0.25) is 0 Å². The number of carbonyl (C=O) groups excluding carboxylic acids is 1. The molecule has 1 heterocycles. The first-order chi connectivity index (χ1) is 8.59. The Labute approximate surface area is 105 Å². The standard InChI is InChI=1S/C13H16F2N2O/c1-9-7-10(12(15)8-11(9)14)13(18)17-5-2-3-16-4-6-17/h7-8,16H,2-6H2,1H3. The van der Waals surface area contributed by atoms with Gasteiger partial charge in [-0.3, -0.25) is 4.79 Å². The zero-order valence-corrected chi connectivity index (χ0v) is 10.3. The van der Waals surface area contributed by atoms with Crippen molar-refractivity contribution in [3.8, 4) is 0 Å². The van der Waals surface area contributed by atoms with Crippen molar-refractivity contribution in [2.75, 3.05) is 26.2 Å². The molecule has 0 aromatic heterocycles. The summed E-state index contributed by atoms with van der Waals surface area (Å²) in [5, 5.41) is 3.17. The highest BCUT2D eigenvalue weighted by Gasteiger charge is 2.21. The molecule has 0 radical (unpaired) electrons. The van der Waals surface area contributed by atoms with Gasteiger partial charge in [-0.15, -0.1) is 0 Å². The van der Waals surface area contributed by atoms with Crippen LogP contribution in [0.1, 0.15) is 22.3 Å². The normalized spacial score (nSPS) is 16.5. The van der Waals surface area contributed by atoms with Crippen LogP contribution >= 0.6 is 0 Å². The van der Waals surface area contributed by atoms with Crippen LogP contribution in [0.5, 0.6) is 0 Å². The smallest absolute Gasteiger partial charge is 0.256 e. The summed E-state index contributed by atoms with van der Waals surface area (Å²) in [5.74, 6) is -1.78. The maximum atomic E-state index is 13.6. The molecule has 0 spiro atoms. The second-order valence-corrected chi connectivity index (χ2v) is 4.48. The highest BCUT2D eigenvalue weighted by Crippen LogP contribution is 2.16. The van der Waals surface area contributed by atoms with E-state index >= 15 is 0 Å². The molecule has 1 amide bonds. The summed E-state index contributed by atoms with van der Waals surface area (Å²) in [5.41, 5.74) is 0.239. The Morgan fingerprint density at radius 2 is 2.00 bits per heavy atom. The lowest BCUT2D eigenvalue weighted by Gasteiger charge is -2.20. The first-order valence-corrected chi connectivity index (χ1v) is 6.05. The molecule has 1 aliphatic rings. The number of nitrogens with one attached hydrogen (secondary N) is 1. The van der Waals surface area contributed by atoms with Crippen molar-refractivity contribution in [1.82, 2.24) is 10.2 Å². The van der Waals surface area contributed by atoms with Crippen LogP contribution in [-0.4, -0.2) is 37.0 Å². The van der Waals surface area contributed by atoms with Crippen LogP contribution in [0, 0.1) is 18.6 Å². The van der Waals surface area contributed by atoms with E-state index in [4.69, 9.17) is 0 Å². The number of carbonyl (C=O) groups is 1. The van der Waals surface area contributed by atoms with Crippen LogP contribution in [0.3, 0.4) is 0 Å². The van der Waals surface area contributed by atoms with Gasteiger partial charge < -0.3 is 10.2 Å². The lowest BCUT2D eigenvalue weighted by molar-refractivity contribution is 0.0761. The van der Waals surface area contributed by atoms with E-state index in [1.54, 1.807) is 4.90 Å². The molecule has 0 aliphatic carbocycles. The molecule has 1 aromatic rings. The summed E-state index contributed by atoms with van der Waals surface area (Å²) in [6.45, 7) is 4.23. The third-order valence-electron chi connectivity index (χ3n) is 3.11. The predicted octanol–water partition coefficient (Wildman–Crippen LogP) is 1.71. The van der Waals surface area contributed by atoms with Crippen LogP contribution in [0.4, 0.5) is 8.78 Å². The van der Waals surface area contributed by atoms with E-state index < -0.39 is 11.6 Å². The quantitative estimate of drug-likeness (QED) is 0.827. The van der Waals surface area contributed by atoms with Crippen molar-refractivity contribution in [1.29, 1.82) is 0 Å². The summed E-state index contributed by atoms with van der Waals surface area (Å²) in [6.07, 6.45) is 0.841. The zero-order chi connectivity index (χ0) is 13.1. The van der Waals surface area contributed by atoms with Crippen LogP contribution in [-0.2, 0) is 0 Å². The van der Waals surface area contributed by atoms with Crippen molar-refractivity contribution in [2.24, 2.45) is 0 Å². The summed E-state index contributed by atoms with van der Waals surface area (Å²) in [4.78, 5) is 13.8. The van der Waals surface area contributed by atoms with Crippen molar-refractivity contribution in [3.63, 3.8) is 0 Å². The van der Waals surface area contributed by atoms with Gasteiger partial charge in [-0.25, -0.2) is 8.78 Å². The third-order valence-corrected chi connectivity index (χ3v) is 3.11. The second-order valence-electron chi connectivity index (χ2n) is 4.48. The number of halogens is 2. The fraction of sp³-hybridized carbons (Fsp3) is 0.462.